The van der Waals surface area contributed by atoms with Crippen LogP contribution < -0.4 is 4.74 Å². The Morgan fingerprint density at radius 2 is 2.00 bits per heavy atom. The summed E-state index contributed by atoms with van der Waals surface area (Å²) in [6.45, 7) is 1.02. The molecule has 0 fully saturated rings. The zero-order chi connectivity index (χ0) is 15.2. The van der Waals surface area contributed by atoms with Crippen LogP contribution in [0.15, 0.2) is 59.8 Å². The molecule has 0 radical (unpaired) electrons. The molecule has 3 aromatic rings. The molecule has 1 aromatic heterocycles. The van der Waals surface area contributed by atoms with E-state index in [1.54, 1.807) is 0 Å². The van der Waals surface area contributed by atoms with Crippen LogP contribution in [0.3, 0.4) is 0 Å². The topological polar surface area (TPSA) is 73.8 Å². The lowest BCUT2D eigenvalue weighted by molar-refractivity contribution is 0.306. The van der Waals surface area contributed by atoms with Crippen molar-refractivity contribution in [3.8, 4) is 5.75 Å². The third-order valence-corrected chi connectivity index (χ3v) is 3.53. The van der Waals surface area contributed by atoms with Gasteiger partial charge in [0.1, 0.15) is 12.4 Å². The summed E-state index contributed by atoms with van der Waals surface area (Å²) in [7, 11) is 0. The minimum absolute atomic E-state index is 0.468. The van der Waals surface area contributed by atoms with Crippen LogP contribution in [0, 0.1) is 0 Å². The Labute approximate surface area is 128 Å². The minimum Gasteiger partial charge on any atom is -0.489 e. The highest BCUT2D eigenvalue weighted by molar-refractivity contribution is 5.84. The number of H-pyrrole nitrogens is 1. The normalized spacial score (nSPS) is 10.4. The van der Waals surface area contributed by atoms with Crippen LogP contribution in [-0.4, -0.2) is 11.5 Å². The average Bonchev–Trinajstić information content (AvgIpc) is 2.97. The van der Waals surface area contributed by atoms with E-state index in [0.29, 0.717) is 13.2 Å². The molecule has 0 aliphatic heterocycles. The van der Waals surface area contributed by atoms with Gasteiger partial charge >= 0.3 is 0 Å². The molecule has 0 spiro atoms. The average molecular weight is 292 g/mol. The van der Waals surface area contributed by atoms with E-state index in [2.05, 4.69) is 15.0 Å². The predicted molar refractivity (Wildman–Crippen MR) is 86.8 cm³/mol. The van der Waals surface area contributed by atoms with Crippen molar-refractivity contribution in [3.63, 3.8) is 0 Å². The maximum absolute atomic E-state index is 8.33. The van der Waals surface area contributed by atoms with E-state index in [4.69, 9.17) is 10.3 Å². The van der Waals surface area contributed by atoms with E-state index in [0.717, 1.165) is 34.2 Å². The SMILES string of the molecule is [N-]=[N+]=NCCc1c[nH]c2cc(OCc3ccccc3)ccc12. The Balaban J connectivity index is 1.72. The molecule has 2 aromatic carbocycles. The van der Waals surface area contributed by atoms with Crippen molar-refractivity contribution in [2.75, 3.05) is 6.54 Å². The molecule has 0 bridgehead atoms. The summed E-state index contributed by atoms with van der Waals surface area (Å²) >= 11 is 0. The second-order valence-corrected chi connectivity index (χ2v) is 5.00. The van der Waals surface area contributed by atoms with Crippen molar-refractivity contribution in [1.29, 1.82) is 0 Å². The van der Waals surface area contributed by atoms with E-state index in [1.165, 1.54) is 0 Å². The summed E-state index contributed by atoms with van der Waals surface area (Å²) in [5.74, 6) is 0.833. The molecule has 1 N–H and O–H groups in total. The van der Waals surface area contributed by atoms with E-state index in [9.17, 15) is 0 Å². The molecule has 0 unspecified atom stereocenters. The van der Waals surface area contributed by atoms with Crippen LogP contribution in [0.4, 0.5) is 0 Å². The van der Waals surface area contributed by atoms with Crippen molar-refractivity contribution in [2.24, 2.45) is 5.11 Å². The van der Waals surface area contributed by atoms with E-state index in [-0.39, 0.29) is 0 Å². The highest BCUT2D eigenvalue weighted by Gasteiger charge is 2.05. The highest BCUT2D eigenvalue weighted by atomic mass is 16.5. The molecule has 0 saturated carbocycles. The van der Waals surface area contributed by atoms with Crippen LogP contribution >= 0.6 is 0 Å². The molecule has 0 aliphatic rings. The lowest BCUT2D eigenvalue weighted by Gasteiger charge is -2.06. The fourth-order valence-corrected chi connectivity index (χ4v) is 2.42. The van der Waals surface area contributed by atoms with Gasteiger partial charge in [0.25, 0.3) is 0 Å². The Morgan fingerprint density at radius 3 is 2.82 bits per heavy atom. The van der Waals surface area contributed by atoms with Gasteiger partial charge in [0.05, 0.1) is 0 Å². The number of aromatic amines is 1. The smallest absolute Gasteiger partial charge is 0.121 e. The molecule has 22 heavy (non-hydrogen) atoms. The molecular formula is C17H16N4O. The van der Waals surface area contributed by atoms with E-state index < -0.39 is 0 Å². The number of hydrogen-bond acceptors (Lipinski definition) is 2. The van der Waals surface area contributed by atoms with Gasteiger partial charge in [-0.1, -0.05) is 35.4 Å². The molecule has 110 valence electrons. The highest BCUT2D eigenvalue weighted by Crippen LogP contribution is 2.24. The Bertz CT molecular complexity index is 804. The van der Waals surface area contributed by atoms with E-state index >= 15 is 0 Å². The van der Waals surface area contributed by atoms with Crippen molar-refractivity contribution < 1.29 is 4.74 Å². The van der Waals surface area contributed by atoms with Gasteiger partial charge in [-0.05, 0) is 35.2 Å². The second kappa shape index (κ2) is 6.70. The van der Waals surface area contributed by atoms with Gasteiger partial charge < -0.3 is 9.72 Å². The van der Waals surface area contributed by atoms with Crippen molar-refractivity contribution in [1.82, 2.24) is 4.98 Å². The lowest BCUT2D eigenvalue weighted by Crippen LogP contribution is -1.94. The zero-order valence-electron chi connectivity index (χ0n) is 12.1. The number of nitrogens with one attached hydrogen (secondary N) is 1. The van der Waals surface area contributed by atoms with Crippen LogP contribution in [0.25, 0.3) is 21.3 Å². The third kappa shape index (κ3) is 3.22. The van der Waals surface area contributed by atoms with Gasteiger partial charge in [-0.3, -0.25) is 0 Å². The summed E-state index contributed by atoms with van der Waals surface area (Å²) in [6, 6.07) is 16.1. The summed E-state index contributed by atoms with van der Waals surface area (Å²) in [4.78, 5) is 6.02. The number of fused-ring (bicyclic) bond motifs is 1. The molecule has 0 aliphatic carbocycles. The Morgan fingerprint density at radius 1 is 1.14 bits per heavy atom. The third-order valence-electron chi connectivity index (χ3n) is 3.53. The molecule has 0 amide bonds. The quantitative estimate of drug-likeness (QED) is 0.402. The van der Waals surface area contributed by atoms with Crippen molar-refractivity contribution >= 4 is 10.9 Å². The standard InChI is InChI=1S/C17H16N4O/c18-21-20-9-8-14-11-19-17-10-15(6-7-16(14)17)22-12-13-4-2-1-3-5-13/h1-7,10-11,19H,8-9,12H2. The number of azide groups is 1. The summed E-state index contributed by atoms with van der Waals surface area (Å²) < 4.78 is 5.82. The summed E-state index contributed by atoms with van der Waals surface area (Å²) in [5.41, 5.74) is 11.7. The van der Waals surface area contributed by atoms with Crippen LogP contribution in [0.2, 0.25) is 0 Å². The molecular weight excluding hydrogens is 276 g/mol. The molecule has 0 saturated heterocycles. The van der Waals surface area contributed by atoms with Gasteiger partial charge in [-0.25, -0.2) is 0 Å². The fraction of sp³-hybridized carbons (Fsp3) is 0.176. The van der Waals surface area contributed by atoms with E-state index in [1.807, 2.05) is 54.7 Å². The number of ether oxygens (including phenoxy) is 1. The first-order chi connectivity index (χ1) is 10.9. The van der Waals surface area contributed by atoms with Gasteiger partial charge in [0, 0.05) is 34.6 Å². The molecule has 5 nitrogen and oxygen atoms in total. The number of rotatable bonds is 6. The lowest BCUT2D eigenvalue weighted by atomic mass is 10.1. The molecule has 5 heteroatoms. The number of hydrogen-bond donors (Lipinski definition) is 1. The number of benzene rings is 2. The first-order valence-corrected chi connectivity index (χ1v) is 7.14. The second-order valence-electron chi connectivity index (χ2n) is 5.00. The summed E-state index contributed by atoms with van der Waals surface area (Å²) in [5, 5.41) is 4.72. The monoisotopic (exact) mass is 292 g/mol. The van der Waals surface area contributed by atoms with Crippen molar-refractivity contribution in [3.05, 3.63) is 76.3 Å². The van der Waals surface area contributed by atoms with Crippen LogP contribution in [0.1, 0.15) is 11.1 Å². The largest absolute Gasteiger partial charge is 0.489 e. The minimum atomic E-state index is 0.468. The Hall–Kier alpha value is -2.91. The zero-order valence-corrected chi connectivity index (χ0v) is 12.1. The first-order valence-electron chi connectivity index (χ1n) is 7.14. The Kier molecular flexibility index (Phi) is 4.27. The molecule has 3 rings (SSSR count). The molecule has 1 heterocycles. The maximum Gasteiger partial charge on any atom is 0.121 e. The van der Waals surface area contributed by atoms with Gasteiger partial charge in [0.2, 0.25) is 0 Å². The van der Waals surface area contributed by atoms with Crippen LogP contribution in [-0.2, 0) is 13.0 Å². The summed E-state index contributed by atoms with van der Waals surface area (Å²) in [6.07, 6.45) is 2.69. The molecule has 0 atom stereocenters. The van der Waals surface area contributed by atoms with Crippen molar-refractivity contribution in [2.45, 2.75) is 13.0 Å². The van der Waals surface area contributed by atoms with Gasteiger partial charge in [-0.15, -0.1) is 0 Å². The maximum atomic E-state index is 8.33. The van der Waals surface area contributed by atoms with Gasteiger partial charge in [-0.2, -0.15) is 0 Å². The fourth-order valence-electron chi connectivity index (χ4n) is 2.42. The number of nitrogens with zero attached hydrogens (tertiary/aromatic N) is 3. The van der Waals surface area contributed by atoms with Gasteiger partial charge in [0.15, 0.2) is 0 Å². The predicted octanol–water partition coefficient (Wildman–Crippen LogP) is 4.60. The first kappa shape index (κ1) is 14.0. The number of aromatic nitrogens is 1. The van der Waals surface area contributed by atoms with Crippen LogP contribution in [0.5, 0.6) is 5.75 Å².